The van der Waals surface area contributed by atoms with E-state index in [2.05, 4.69) is 11.2 Å². The number of hydrogen-bond acceptors (Lipinski definition) is 5. The third-order valence-electron chi connectivity index (χ3n) is 3.65. The van der Waals surface area contributed by atoms with E-state index in [1.165, 1.54) is 6.08 Å². The predicted molar refractivity (Wildman–Crippen MR) is 111 cm³/mol. The summed E-state index contributed by atoms with van der Waals surface area (Å²) in [5.74, 6) is 1.64. The summed E-state index contributed by atoms with van der Waals surface area (Å²) < 4.78 is 5.28. The first-order valence-electron chi connectivity index (χ1n) is 8.44. The molecule has 28 heavy (non-hydrogen) atoms. The van der Waals surface area contributed by atoms with Gasteiger partial charge in [-0.3, -0.25) is 19.3 Å². The van der Waals surface area contributed by atoms with Gasteiger partial charge in [0.15, 0.2) is 5.75 Å². The molecule has 9 heteroatoms. The van der Waals surface area contributed by atoms with Gasteiger partial charge in [-0.15, -0.1) is 6.42 Å². The number of nitrogens with one attached hydrogen (secondary N) is 1. The van der Waals surface area contributed by atoms with Gasteiger partial charge < -0.3 is 10.1 Å². The molecule has 2 rings (SSSR count). The molecule has 148 valence electrons. The van der Waals surface area contributed by atoms with Crippen LogP contribution in [0.1, 0.15) is 25.3 Å². The third-order valence-corrected chi connectivity index (χ3v) is 5.11. The summed E-state index contributed by atoms with van der Waals surface area (Å²) in [5, 5.41) is 2.62. The number of amides is 3. The first-order chi connectivity index (χ1) is 13.4. The molecule has 3 amide bonds. The molecule has 1 N–H and O–H groups in total. The molecule has 0 unspecified atom stereocenters. The van der Waals surface area contributed by atoms with E-state index in [0.29, 0.717) is 12.1 Å². The number of carbonyl (C=O) groups excluding carboxylic acids is 3. The fraction of sp³-hybridized carbons (Fsp3) is 0.316. The number of imide groups is 1. The van der Waals surface area contributed by atoms with Crippen LogP contribution >= 0.6 is 35.0 Å². The number of terminal acetylenes is 1. The summed E-state index contributed by atoms with van der Waals surface area (Å²) in [5.41, 5.74) is 0.515. The standard InChI is InChI=1S/C19H18Cl2N2O4S/c1-3-5-6-22-16(24)11-23-18(25)15(28-19(23)26)10-12-8-13(20)17(14(21)9-12)27-7-4-2/h2,8-10H,3,5-7,11H2,1H3,(H,22,24)/b15-10-. The maximum atomic E-state index is 12.5. The van der Waals surface area contributed by atoms with Crippen LogP contribution in [0.4, 0.5) is 4.79 Å². The molecule has 1 aliphatic rings. The van der Waals surface area contributed by atoms with E-state index < -0.39 is 11.1 Å². The number of nitrogens with zero attached hydrogens (tertiary/aromatic N) is 1. The highest BCUT2D eigenvalue weighted by Crippen LogP contribution is 2.37. The van der Waals surface area contributed by atoms with Crippen LogP contribution in [0.5, 0.6) is 5.75 Å². The van der Waals surface area contributed by atoms with Crippen molar-refractivity contribution in [2.24, 2.45) is 0 Å². The van der Waals surface area contributed by atoms with Gasteiger partial charge in [-0.05, 0) is 42.0 Å². The van der Waals surface area contributed by atoms with Gasteiger partial charge in [0, 0.05) is 6.54 Å². The van der Waals surface area contributed by atoms with Gasteiger partial charge in [-0.1, -0.05) is 42.5 Å². The summed E-state index contributed by atoms with van der Waals surface area (Å²) in [6.45, 7) is 2.20. The van der Waals surface area contributed by atoms with Gasteiger partial charge in [0.1, 0.15) is 13.2 Å². The number of halogens is 2. The lowest BCUT2D eigenvalue weighted by Gasteiger charge is -2.12. The van der Waals surface area contributed by atoms with E-state index >= 15 is 0 Å². The summed E-state index contributed by atoms with van der Waals surface area (Å²) in [6, 6.07) is 3.09. The van der Waals surface area contributed by atoms with Crippen molar-refractivity contribution in [2.75, 3.05) is 19.7 Å². The Bertz CT molecular complexity index is 841. The number of carbonyl (C=O) groups is 3. The van der Waals surface area contributed by atoms with E-state index in [1.807, 2.05) is 6.92 Å². The Morgan fingerprint density at radius 3 is 2.64 bits per heavy atom. The fourth-order valence-electron chi connectivity index (χ4n) is 2.31. The van der Waals surface area contributed by atoms with Gasteiger partial charge in [-0.2, -0.15) is 0 Å². The van der Waals surface area contributed by atoms with Crippen LogP contribution in [-0.2, 0) is 9.59 Å². The summed E-state index contributed by atoms with van der Waals surface area (Å²) >= 11 is 13.1. The minimum atomic E-state index is -0.541. The number of ether oxygens (including phenoxy) is 1. The average molecular weight is 441 g/mol. The average Bonchev–Trinajstić information content (AvgIpc) is 2.89. The smallest absolute Gasteiger partial charge is 0.294 e. The zero-order chi connectivity index (χ0) is 20.7. The molecule has 1 fully saturated rings. The molecule has 0 bridgehead atoms. The number of rotatable bonds is 8. The Labute approximate surface area is 177 Å². The molecule has 0 spiro atoms. The molecule has 1 saturated heterocycles. The van der Waals surface area contributed by atoms with Crippen LogP contribution < -0.4 is 10.1 Å². The first kappa shape index (κ1) is 22.2. The van der Waals surface area contributed by atoms with E-state index in [9.17, 15) is 14.4 Å². The molecule has 0 aromatic heterocycles. The van der Waals surface area contributed by atoms with Gasteiger partial charge in [0.2, 0.25) is 5.91 Å². The Balaban J connectivity index is 2.13. The number of benzene rings is 1. The van der Waals surface area contributed by atoms with E-state index in [-0.39, 0.29) is 39.8 Å². The minimum Gasteiger partial charge on any atom is -0.478 e. The van der Waals surface area contributed by atoms with Gasteiger partial charge in [0.25, 0.3) is 11.1 Å². The molecule has 1 aliphatic heterocycles. The lowest BCUT2D eigenvalue weighted by atomic mass is 10.2. The quantitative estimate of drug-likeness (QED) is 0.376. The number of hydrogen-bond donors (Lipinski definition) is 1. The SMILES string of the molecule is C#CCOc1c(Cl)cc(/C=C2\SC(=O)N(CC(=O)NCCCC)C2=O)cc1Cl. The number of unbranched alkanes of at least 4 members (excludes halogenated alkanes) is 1. The summed E-state index contributed by atoms with van der Waals surface area (Å²) in [7, 11) is 0. The normalized spacial score (nSPS) is 15.1. The third kappa shape index (κ3) is 5.68. The van der Waals surface area contributed by atoms with E-state index in [1.54, 1.807) is 12.1 Å². The lowest BCUT2D eigenvalue weighted by molar-refractivity contribution is -0.129. The molecule has 1 aromatic carbocycles. The Morgan fingerprint density at radius 2 is 2.04 bits per heavy atom. The molecule has 0 radical (unpaired) electrons. The molecule has 6 nitrogen and oxygen atoms in total. The maximum absolute atomic E-state index is 12.5. The topological polar surface area (TPSA) is 75.7 Å². The fourth-order valence-corrected chi connectivity index (χ4v) is 3.76. The van der Waals surface area contributed by atoms with Gasteiger partial charge in [0.05, 0.1) is 15.0 Å². The predicted octanol–water partition coefficient (Wildman–Crippen LogP) is 3.96. The summed E-state index contributed by atoms with van der Waals surface area (Å²) in [6.07, 6.45) is 8.40. The van der Waals surface area contributed by atoms with Crippen molar-refractivity contribution < 1.29 is 19.1 Å². The van der Waals surface area contributed by atoms with Crippen molar-refractivity contribution in [1.29, 1.82) is 0 Å². The highest BCUT2D eigenvalue weighted by molar-refractivity contribution is 8.18. The molecular weight excluding hydrogens is 423 g/mol. The second-order valence-electron chi connectivity index (χ2n) is 5.78. The zero-order valence-corrected chi connectivity index (χ0v) is 17.4. The first-order valence-corrected chi connectivity index (χ1v) is 10.0. The second-order valence-corrected chi connectivity index (χ2v) is 7.59. The van der Waals surface area contributed by atoms with Crippen molar-refractivity contribution in [2.45, 2.75) is 19.8 Å². The van der Waals surface area contributed by atoms with Crippen LogP contribution in [-0.4, -0.2) is 41.6 Å². The van der Waals surface area contributed by atoms with Gasteiger partial charge in [-0.25, -0.2) is 0 Å². The molecular formula is C19H18Cl2N2O4S. The highest BCUT2D eigenvalue weighted by atomic mass is 35.5. The van der Waals surface area contributed by atoms with Gasteiger partial charge >= 0.3 is 0 Å². The molecule has 1 heterocycles. The monoisotopic (exact) mass is 440 g/mol. The molecule has 0 saturated carbocycles. The van der Waals surface area contributed by atoms with Crippen molar-refractivity contribution in [3.63, 3.8) is 0 Å². The van der Waals surface area contributed by atoms with Crippen LogP contribution in [0.3, 0.4) is 0 Å². The molecule has 0 aliphatic carbocycles. The van der Waals surface area contributed by atoms with Crippen LogP contribution in [0.25, 0.3) is 6.08 Å². The Kier molecular flexibility index (Phi) is 8.24. The second kappa shape index (κ2) is 10.4. The summed E-state index contributed by atoms with van der Waals surface area (Å²) in [4.78, 5) is 37.6. The van der Waals surface area contributed by atoms with Crippen molar-refractivity contribution in [3.8, 4) is 18.1 Å². The van der Waals surface area contributed by atoms with E-state index in [0.717, 1.165) is 29.5 Å². The molecule has 0 atom stereocenters. The number of thioether (sulfide) groups is 1. The minimum absolute atomic E-state index is 0.0119. The van der Waals surface area contributed by atoms with Crippen LogP contribution in [0.15, 0.2) is 17.0 Å². The van der Waals surface area contributed by atoms with Crippen molar-refractivity contribution >= 4 is 58.1 Å². The van der Waals surface area contributed by atoms with E-state index in [4.69, 9.17) is 34.4 Å². The Hall–Kier alpha value is -2.14. The van der Waals surface area contributed by atoms with Crippen molar-refractivity contribution in [3.05, 3.63) is 32.6 Å². The van der Waals surface area contributed by atoms with Crippen molar-refractivity contribution in [1.82, 2.24) is 10.2 Å². The zero-order valence-electron chi connectivity index (χ0n) is 15.1. The lowest BCUT2D eigenvalue weighted by Crippen LogP contribution is -2.39. The highest BCUT2D eigenvalue weighted by Gasteiger charge is 2.36. The Morgan fingerprint density at radius 1 is 1.36 bits per heavy atom. The molecule has 1 aromatic rings. The van der Waals surface area contributed by atoms with Crippen LogP contribution in [0.2, 0.25) is 10.0 Å². The van der Waals surface area contributed by atoms with Crippen LogP contribution in [0, 0.1) is 12.3 Å². The largest absolute Gasteiger partial charge is 0.478 e. The maximum Gasteiger partial charge on any atom is 0.294 e.